The first-order valence-corrected chi connectivity index (χ1v) is 11.2. The number of carbonyl (C=O) groups excluding carboxylic acids is 2. The van der Waals surface area contributed by atoms with Crippen molar-refractivity contribution in [1.82, 2.24) is 19.4 Å². The van der Waals surface area contributed by atoms with Crippen LogP contribution < -0.4 is 0 Å². The summed E-state index contributed by atoms with van der Waals surface area (Å²) in [7, 11) is 1.81. The van der Waals surface area contributed by atoms with Gasteiger partial charge in [-0.05, 0) is 37.0 Å². The largest absolute Gasteiger partial charge is 0.341 e. The summed E-state index contributed by atoms with van der Waals surface area (Å²) in [6.45, 7) is 6.20. The van der Waals surface area contributed by atoms with Crippen molar-refractivity contribution in [2.75, 3.05) is 26.2 Å². The van der Waals surface area contributed by atoms with Crippen LogP contribution in [0, 0.1) is 12.8 Å². The van der Waals surface area contributed by atoms with Gasteiger partial charge in [-0.2, -0.15) is 0 Å². The number of nitrogens with zero attached hydrogens (tertiary/aromatic N) is 4. The molecular formula is C26H30N4O2. The third-order valence-electron chi connectivity index (χ3n) is 6.21. The van der Waals surface area contributed by atoms with Gasteiger partial charge in [0.2, 0.25) is 5.91 Å². The van der Waals surface area contributed by atoms with Crippen LogP contribution in [0.5, 0.6) is 0 Å². The molecule has 0 N–H and O–H groups in total. The average molecular weight is 431 g/mol. The zero-order chi connectivity index (χ0) is 22.7. The SMILES string of the molecule is CCN1CCN(C(=O)c2nccn2C)C[C@H](Cc2ccc(-c3cccc(C)c3)cc2)C1=O. The van der Waals surface area contributed by atoms with Crippen molar-refractivity contribution in [3.05, 3.63) is 77.9 Å². The highest BCUT2D eigenvalue weighted by atomic mass is 16.2. The van der Waals surface area contributed by atoms with Crippen molar-refractivity contribution in [1.29, 1.82) is 0 Å². The molecular weight excluding hydrogens is 400 g/mol. The third kappa shape index (κ3) is 4.59. The molecule has 0 aliphatic carbocycles. The van der Waals surface area contributed by atoms with Gasteiger partial charge in [-0.1, -0.05) is 54.1 Å². The van der Waals surface area contributed by atoms with E-state index in [-0.39, 0.29) is 17.7 Å². The Morgan fingerprint density at radius 1 is 1.09 bits per heavy atom. The van der Waals surface area contributed by atoms with Gasteiger partial charge < -0.3 is 14.4 Å². The standard InChI is InChI=1S/C26H30N4O2/c1-4-29-14-15-30(26(32)24-27-12-13-28(24)3)18-23(25(29)31)17-20-8-10-21(11-9-20)22-7-5-6-19(2)16-22/h5-13,16,23H,4,14-15,17-18H2,1-3H3/t23-/m0/s1. The summed E-state index contributed by atoms with van der Waals surface area (Å²) in [5.74, 6) is 0.128. The van der Waals surface area contributed by atoms with E-state index in [9.17, 15) is 9.59 Å². The van der Waals surface area contributed by atoms with Crippen LogP contribution >= 0.6 is 0 Å². The highest BCUT2D eigenvalue weighted by Gasteiger charge is 2.33. The maximum absolute atomic E-state index is 13.2. The van der Waals surface area contributed by atoms with E-state index < -0.39 is 0 Å². The number of hydrogen-bond donors (Lipinski definition) is 0. The van der Waals surface area contributed by atoms with Gasteiger partial charge in [-0.25, -0.2) is 4.98 Å². The number of benzene rings is 2. The minimum absolute atomic E-state index is 0.116. The van der Waals surface area contributed by atoms with Crippen LogP contribution in [-0.2, 0) is 18.3 Å². The van der Waals surface area contributed by atoms with Crippen LogP contribution in [0.25, 0.3) is 11.1 Å². The Balaban J connectivity index is 1.54. The Labute approximate surface area is 189 Å². The summed E-state index contributed by atoms with van der Waals surface area (Å²) < 4.78 is 1.73. The third-order valence-corrected chi connectivity index (χ3v) is 6.21. The number of aromatic nitrogens is 2. The van der Waals surface area contributed by atoms with E-state index in [1.807, 2.05) is 18.9 Å². The number of aryl methyl sites for hydroxylation is 2. The Hall–Kier alpha value is -3.41. The number of hydrogen-bond acceptors (Lipinski definition) is 3. The molecule has 32 heavy (non-hydrogen) atoms. The van der Waals surface area contributed by atoms with Crippen molar-refractivity contribution in [2.45, 2.75) is 20.3 Å². The molecule has 166 valence electrons. The highest BCUT2D eigenvalue weighted by Crippen LogP contribution is 2.23. The first kappa shape index (κ1) is 21.8. The molecule has 6 nitrogen and oxygen atoms in total. The number of amides is 2. The van der Waals surface area contributed by atoms with Gasteiger partial charge in [0.05, 0.1) is 5.92 Å². The van der Waals surface area contributed by atoms with Gasteiger partial charge in [0.25, 0.3) is 5.91 Å². The summed E-state index contributed by atoms with van der Waals surface area (Å²) in [6.07, 6.45) is 4.00. The molecule has 1 saturated heterocycles. The lowest BCUT2D eigenvalue weighted by molar-refractivity contribution is -0.134. The van der Waals surface area contributed by atoms with Crippen molar-refractivity contribution >= 4 is 11.8 Å². The molecule has 0 unspecified atom stereocenters. The van der Waals surface area contributed by atoms with Crippen LogP contribution in [0.15, 0.2) is 60.9 Å². The lowest BCUT2D eigenvalue weighted by atomic mass is 9.95. The van der Waals surface area contributed by atoms with Crippen LogP contribution in [0.1, 0.15) is 28.7 Å². The second-order valence-electron chi connectivity index (χ2n) is 8.50. The zero-order valence-electron chi connectivity index (χ0n) is 19.0. The average Bonchev–Trinajstić information content (AvgIpc) is 3.16. The molecule has 1 aromatic heterocycles. The van der Waals surface area contributed by atoms with E-state index in [1.54, 1.807) is 21.9 Å². The lowest BCUT2D eigenvalue weighted by Crippen LogP contribution is -2.38. The van der Waals surface area contributed by atoms with E-state index in [1.165, 1.54) is 11.1 Å². The Kier molecular flexibility index (Phi) is 6.40. The smallest absolute Gasteiger partial charge is 0.289 e. The van der Waals surface area contributed by atoms with Gasteiger partial charge in [-0.3, -0.25) is 9.59 Å². The van der Waals surface area contributed by atoms with Gasteiger partial charge in [0, 0.05) is 45.6 Å². The molecule has 2 aromatic carbocycles. The summed E-state index contributed by atoms with van der Waals surface area (Å²) in [4.78, 5) is 34.1. The molecule has 0 saturated carbocycles. The van der Waals surface area contributed by atoms with Crippen molar-refractivity contribution in [3.63, 3.8) is 0 Å². The maximum atomic E-state index is 13.2. The fourth-order valence-electron chi connectivity index (χ4n) is 4.35. The molecule has 2 amide bonds. The highest BCUT2D eigenvalue weighted by molar-refractivity contribution is 5.91. The van der Waals surface area contributed by atoms with Crippen LogP contribution in [0.2, 0.25) is 0 Å². The Morgan fingerprint density at radius 2 is 1.88 bits per heavy atom. The predicted octanol–water partition coefficient (Wildman–Crippen LogP) is 3.56. The maximum Gasteiger partial charge on any atom is 0.289 e. The van der Waals surface area contributed by atoms with E-state index in [0.29, 0.717) is 38.4 Å². The molecule has 0 radical (unpaired) electrons. The fourth-order valence-corrected chi connectivity index (χ4v) is 4.35. The van der Waals surface area contributed by atoms with E-state index >= 15 is 0 Å². The van der Waals surface area contributed by atoms with Crippen molar-refractivity contribution in [3.8, 4) is 11.1 Å². The number of carbonyl (C=O) groups is 2. The summed E-state index contributed by atoms with van der Waals surface area (Å²) in [5.41, 5.74) is 4.67. The minimum Gasteiger partial charge on any atom is -0.341 e. The summed E-state index contributed by atoms with van der Waals surface area (Å²) >= 11 is 0. The van der Waals surface area contributed by atoms with Crippen molar-refractivity contribution < 1.29 is 9.59 Å². The quantitative estimate of drug-likeness (QED) is 0.622. The second kappa shape index (κ2) is 9.39. The molecule has 2 heterocycles. The van der Waals surface area contributed by atoms with Crippen LogP contribution in [0.4, 0.5) is 0 Å². The molecule has 1 aliphatic heterocycles. The topological polar surface area (TPSA) is 58.4 Å². The second-order valence-corrected chi connectivity index (χ2v) is 8.50. The first-order valence-electron chi connectivity index (χ1n) is 11.2. The molecule has 1 aliphatic rings. The molecule has 3 aromatic rings. The van der Waals surface area contributed by atoms with Crippen LogP contribution in [-0.4, -0.2) is 57.3 Å². The molecule has 6 heteroatoms. The van der Waals surface area contributed by atoms with E-state index in [2.05, 4.69) is 60.4 Å². The minimum atomic E-state index is -0.272. The fraction of sp³-hybridized carbons (Fsp3) is 0.346. The van der Waals surface area contributed by atoms with Crippen molar-refractivity contribution in [2.24, 2.45) is 13.0 Å². The molecule has 1 atom stereocenters. The van der Waals surface area contributed by atoms with Gasteiger partial charge >= 0.3 is 0 Å². The van der Waals surface area contributed by atoms with E-state index in [4.69, 9.17) is 0 Å². The Bertz CT molecular complexity index is 1100. The van der Waals surface area contributed by atoms with E-state index in [0.717, 1.165) is 11.1 Å². The van der Waals surface area contributed by atoms with Gasteiger partial charge in [0.1, 0.15) is 0 Å². The van der Waals surface area contributed by atoms with Gasteiger partial charge in [-0.15, -0.1) is 0 Å². The monoisotopic (exact) mass is 430 g/mol. The number of rotatable bonds is 5. The molecule has 0 spiro atoms. The summed E-state index contributed by atoms with van der Waals surface area (Å²) in [6, 6.07) is 16.8. The normalized spacial score (nSPS) is 16.8. The van der Waals surface area contributed by atoms with Crippen LogP contribution in [0.3, 0.4) is 0 Å². The molecule has 4 rings (SSSR count). The zero-order valence-corrected chi connectivity index (χ0v) is 19.0. The molecule has 1 fully saturated rings. The first-order chi connectivity index (χ1) is 15.5. The predicted molar refractivity (Wildman–Crippen MR) is 125 cm³/mol. The summed E-state index contributed by atoms with van der Waals surface area (Å²) in [5, 5.41) is 0. The number of likely N-dealkylation sites (N-methyl/N-ethyl adjacent to an activating group) is 1. The Morgan fingerprint density at radius 3 is 2.53 bits per heavy atom. The molecule has 0 bridgehead atoms. The number of imidazole rings is 1. The van der Waals surface area contributed by atoms with Gasteiger partial charge in [0.15, 0.2) is 5.82 Å². The lowest BCUT2D eigenvalue weighted by Gasteiger charge is -2.23.